The normalized spacial score (nSPS) is 29.7. The van der Waals surface area contributed by atoms with E-state index >= 15 is 0 Å². The number of morpholine rings is 1. The highest BCUT2D eigenvalue weighted by Crippen LogP contribution is 2.27. The van der Waals surface area contributed by atoms with Crippen molar-refractivity contribution in [3.05, 3.63) is 35.9 Å². The smallest absolute Gasteiger partial charge is 0.132 e. The van der Waals surface area contributed by atoms with Crippen molar-refractivity contribution in [2.45, 2.75) is 18.7 Å². The molecule has 0 saturated carbocycles. The molecule has 104 valence electrons. The zero-order valence-corrected chi connectivity index (χ0v) is 11.3. The molecule has 0 aromatic heterocycles. The van der Waals surface area contributed by atoms with Crippen LogP contribution in [0.2, 0.25) is 0 Å². The summed E-state index contributed by atoms with van der Waals surface area (Å²) in [5.41, 5.74) is 0.659. The molecule has 2 saturated heterocycles. The molecule has 0 aliphatic carbocycles. The van der Waals surface area contributed by atoms with Gasteiger partial charge in [0.2, 0.25) is 0 Å². The van der Waals surface area contributed by atoms with E-state index in [0.717, 1.165) is 52.4 Å². The van der Waals surface area contributed by atoms with Crippen molar-refractivity contribution in [3.8, 4) is 0 Å². The van der Waals surface area contributed by atoms with Gasteiger partial charge in [-0.05, 0) is 5.56 Å². The van der Waals surface area contributed by atoms with E-state index in [4.69, 9.17) is 4.74 Å². The Labute approximate surface area is 114 Å². The van der Waals surface area contributed by atoms with Crippen LogP contribution in [0.15, 0.2) is 30.3 Å². The Bertz CT molecular complexity index is 406. The fourth-order valence-electron chi connectivity index (χ4n) is 3.07. The molecule has 0 amide bonds. The molecule has 0 radical (unpaired) electrons. The first-order valence-corrected chi connectivity index (χ1v) is 7.08. The van der Waals surface area contributed by atoms with Gasteiger partial charge in [-0.15, -0.1) is 0 Å². The Morgan fingerprint density at radius 3 is 2.58 bits per heavy atom. The van der Waals surface area contributed by atoms with Gasteiger partial charge in [0.25, 0.3) is 0 Å². The van der Waals surface area contributed by atoms with E-state index in [-0.39, 0.29) is 0 Å². The second-order valence-electron chi connectivity index (χ2n) is 5.53. The molecule has 4 nitrogen and oxygen atoms in total. The first kappa shape index (κ1) is 13.1. The number of likely N-dealkylation sites (tertiary alicyclic amines) is 1. The molecule has 1 N–H and O–H groups in total. The molecule has 0 bridgehead atoms. The van der Waals surface area contributed by atoms with Crippen LogP contribution in [0.25, 0.3) is 0 Å². The average molecular weight is 262 g/mol. The second-order valence-corrected chi connectivity index (χ2v) is 5.53. The van der Waals surface area contributed by atoms with E-state index in [0.29, 0.717) is 0 Å². The summed E-state index contributed by atoms with van der Waals surface area (Å²) in [7, 11) is 0. The van der Waals surface area contributed by atoms with Crippen LogP contribution in [0.1, 0.15) is 12.0 Å². The standard InChI is InChI=1S/C15H22N2O2/c18-15(17-8-10-19-11-9-17)6-7-16(13-15)12-14-4-2-1-3-5-14/h1-5,18H,6-13H2. The van der Waals surface area contributed by atoms with Gasteiger partial charge in [0, 0.05) is 39.1 Å². The Morgan fingerprint density at radius 1 is 1.11 bits per heavy atom. The first-order valence-electron chi connectivity index (χ1n) is 7.08. The molecule has 4 heteroatoms. The molecule has 3 rings (SSSR count). The lowest BCUT2D eigenvalue weighted by Gasteiger charge is -2.39. The number of ether oxygens (including phenoxy) is 1. The Kier molecular flexibility index (Phi) is 3.84. The van der Waals surface area contributed by atoms with E-state index in [1.54, 1.807) is 0 Å². The molecular weight excluding hydrogens is 240 g/mol. The summed E-state index contributed by atoms with van der Waals surface area (Å²) >= 11 is 0. The summed E-state index contributed by atoms with van der Waals surface area (Å²) in [4.78, 5) is 4.52. The monoisotopic (exact) mass is 262 g/mol. The Balaban J connectivity index is 1.59. The molecule has 2 heterocycles. The van der Waals surface area contributed by atoms with Crippen molar-refractivity contribution in [2.75, 3.05) is 39.4 Å². The van der Waals surface area contributed by atoms with Crippen LogP contribution in [0, 0.1) is 0 Å². The van der Waals surface area contributed by atoms with Crippen molar-refractivity contribution >= 4 is 0 Å². The number of β-amino-alcohol motifs (C(OH)–C–C–N with tert-alkyl or cyclic N) is 1. The summed E-state index contributed by atoms with van der Waals surface area (Å²) < 4.78 is 5.36. The minimum absolute atomic E-state index is 0.654. The van der Waals surface area contributed by atoms with Crippen molar-refractivity contribution in [2.24, 2.45) is 0 Å². The summed E-state index contributed by atoms with van der Waals surface area (Å²) in [6, 6.07) is 10.5. The summed E-state index contributed by atoms with van der Waals surface area (Å²) in [6.07, 6.45) is 0.833. The highest BCUT2D eigenvalue weighted by atomic mass is 16.5. The topological polar surface area (TPSA) is 35.9 Å². The predicted molar refractivity (Wildman–Crippen MR) is 73.7 cm³/mol. The number of rotatable bonds is 3. The molecule has 2 fully saturated rings. The maximum atomic E-state index is 10.8. The molecule has 1 unspecified atom stereocenters. The molecular formula is C15H22N2O2. The second kappa shape index (κ2) is 5.59. The van der Waals surface area contributed by atoms with E-state index in [1.807, 2.05) is 6.07 Å². The van der Waals surface area contributed by atoms with Gasteiger partial charge < -0.3 is 9.84 Å². The van der Waals surface area contributed by atoms with Crippen LogP contribution in [0.3, 0.4) is 0 Å². The summed E-state index contributed by atoms with van der Waals surface area (Å²) in [5, 5.41) is 10.8. The van der Waals surface area contributed by atoms with Gasteiger partial charge in [-0.25, -0.2) is 0 Å². The minimum atomic E-state index is -0.654. The van der Waals surface area contributed by atoms with Gasteiger partial charge in [0.05, 0.1) is 13.2 Å². The molecule has 1 aromatic carbocycles. The van der Waals surface area contributed by atoms with Gasteiger partial charge in [-0.1, -0.05) is 30.3 Å². The van der Waals surface area contributed by atoms with Crippen LogP contribution in [-0.2, 0) is 11.3 Å². The van der Waals surface area contributed by atoms with E-state index < -0.39 is 5.72 Å². The van der Waals surface area contributed by atoms with Gasteiger partial charge in [-0.3, -0.25) is 9.80 Å². The molecule has 19 heavy (non-hydrogen) atoms. The van der Waals surface area contributed by atoms with Crippen LogP contribution in [-0.4, -0.2) is 60.0 Å². The van der Waals surface area contributed by atoms with Crippen LogP contribution < -0.4 is 0 Å². The van der Waals surface area contributed by atoms with Gasteiger partial charge in [0.15, 0.2) is 0 Å². The number of hydrogen-bond donors (Lipinski definition) is 1. The van der Waals surface area contributed by atoms with Gasteiger partial charge >= 0.3 is 0 Å². The minimum Gasteiger partial charge on any atom is -0.379 e. The third kappa shape index (κ3) is 2.98. The lowest BCUT2D eigenvalue weighted by atomic mass is 10.1. The quantitative estimate of drug-likeness (QED) is 0.878. The number of nitrogens with zero attached hydrogens (tertiary/aromatic N) is 2. The number of hydrogen-bond acceptors (Lipinski definition) is 4. The number of aliphatic hydroxyl groups is 1. The Hall–Kier alpha value is -0.940. The van der Waals surface area contributed by atoms with Gasteiger partial charge in [-0.2, -0.15) is 0 Å². The number of benzene rings is 1. The zero-order valence-electron chi connectivity index (χ0n) is 11.3. The predicted octanol–water partition coefficient (Wildman–Crippen LogP) is 0.913. The van der Waals surface area contributed by atoms with Crippen LogP contribution in [0.4, 0.5) is 0 Å². The zero-order chi connectivity index (χ0) is 13.1. The fourth-order valence-corrected chi connectivity index (χ4v) is 3.07. The van der Waals surface area contributed by atoms with Crippen molar-refractivity contribution in [3.63, 3.8) is 0 Å². The highest BCUT2D eigenvalue weighted by molar-refractivity contribution is 5.14. The average Bonchev–Trinajstić information content (AvgIpc) is 2.84. The van der Waals surface area contributed by atoms with E-state index in [9.17, 15) is 5.11 Å². The lowest BCUT2D eigenvalue weighted by molar-refractivity contribution is -0.132. The molecule has 2 aliphatic heterocycles. The Morgan fingerprint density at radius 2 is 1.84 bits per heavy atom. The van der Waals surface area contributed by atoms with Crippen molar-refractivity contribution in [1.29, 1.82) is 0 Å². The highest BCUT2D eigenvalue weighted by Gasteiger charge is 2.41. The third-order valence-electron chi connectivity index (χ3n) is 4.15. The maximum absolute atomic E-state index is 10.8. The lowest BCUT2D eigenvalue weighted by Crippen LogP contribution is -2.54. The first-order chi connectivity index (χ1) is 9.26. The summed E-state index contributed by atoms with van der Waals surface area (Å²) in [6.45, 7) is 5.78. The maximum Gasteiger partial charge on any atom is 0.132 e. The van der Waals surface area contributed by atoms with E-state index in [2.05, 4.69) is 34.1 Å². The van der Waals surface area contributed by atoms with Crippen LogP contribution in [0.5, 0.6) is 0 Å². The fraction of sp³-hybridized carbons (Fsp3) is 0.600. The molecule has 1 aromatic rings. The van der Waals surface area contributed by atoms with E-state index in [1.165, 1.54) is 5.56 Å². The van der Waals surface area contributed by atoms with Crippen molar-refractivity contribution in [1.82, 2.24) is 9.80 Å². The van der Waals surface area contributed by atoms with Crippen LogP contribution >= 0.6 is 0 Å². The van der Waals surface area contributed by atoms with Crippen molar-refractivity contribution < 1.29 is 9.84 Å². The molecule has 2 aliphatic rings. The largest absolute Gasteiger partial charge is 0.379 e. The third-order valence-corrected chi connectivity index (χ3v) is 4.15. The van der Waals surface area contributed by atoms with Gasteiger partial charge in [0.1, 0.15) is 5.72 Å². The molecule has 1 atom stereocenters. The SMILES string of the molecule is OC1(N2CCOCC2)CCN(Cc2ccccc2)C1. The molecule has 0 spiro atoms. The summed E-state index contributed by atoms with van der Waals surface area (Å²) in [5.74, 6) is 0.